The summed E-state index contributed by atoms with van der Waals surface area (Å²) in [5.74, 6) is 0.525. The molecule has 0 bridgehead atoms. The number of rotatable bonds is 1. The quantitative estimate of drug-likeness (QED) is 0.623. The summed E-state index contributed by atoms with van der Waals surface area (Å²) in [5, 5.41) is 3.22. The Labute approximate surface area is 74.5 Å². The lowest BCUT2D eigenvalue weighted by Crippen LogP contribution is -2.41. The highest BCUT2D eigenvalue weighted by Gasteiger charge is 2.18. The third-order valence-corrected chi connectivity index (χ3v) is 2.23. The first-order chi connectivity index (χ1) is 5.52. The van der Waals surface area contributed by atoms with Crippen LogP contribution in [0.5, 0.6) is 0 Å². The topological polar surface area (TPSA) is 38.0 Å². The van der Waals surface area contributed by atoms with Gasteiger partial charge in [0.05, 0.1) is 6.17 Å². The van der Waals surface area contributed by atoms with E-state index in [9.17, 15) is 0 Å². The molecule has 68 valence electrons. The van der Waals surface area contributed by atoms with Crippen molar-refractivity contribution < 1.29 is 0 Å². The molecule has 0 fully saturated rings. The molecule has 0 aliphatic carbocycles. The van der Waals surface area contributed by atoms with Crippen molar-refractivity contribution in [1.82, 2.24) is 5.32 Å². The number of dihydropyridines is 1. The lowest BCUT2D eigenvalue weighted by atomic mass is 9.92. The Hall–Kier alpha value is -0.760. The first-order valence-electron chi connectivity index (χ1n) is 4.43. The van der Waals surface area contributed by atoms with E-state index in [1.165, 1.54) is 11.1 Å². The predicted octanol–water partition coefficient (Wildman–Crippen LogP) is 1.75. The van der Waals surface area contributed by atoms with Gasteiger partial charge in [0.25, 0.3) is 0 Å². The summed E-state index contributed by atoms with van der Waals surface area (Å²) in [7, 11) is 0. The van der Waals surface area contributed by atoms with Crippen LogP contribution in [0, 0.1) is 5.92 Å². The number of nitrogens with two attached hydrogens (primary N) is 1. The summed E-state index contributed by atoms with van der Waals surface area (Å²) in [5.41, 5.74) is 9.74. The Balaban J connectivity index is 2.99. The van der Waals surface area contributed by atoms with E-state index >= 15 is 0 Å². The Morgan fingerprint density at radius 1 is 1.42 bits per heavy atom. The van der Waals surface area contributed by atoms with E-state index in [1.807, 2.05) is 6.92 Å². The maximum Gasteiger partial charge on any atom is 0.0971 e. The number of hydrogen-bond acceptors (Lipinski definition) is 2. The van der Waals surface area contributed by atoms with E-state index < -0.39 is 0 Å². The molecule has 0 aromatic heterocycles. The van der Waals surface area contributed by atoms with Crippen molar-refractivity contribution in [1.29, 1.82) is 0 Å². The van der Waals surface area contributed by atoms with Crippen molar-refractivity contribution in [2.24, 2.45) is 11.7 Å². The molecule has 12 heavy (non-hydrogen) atoms. The minimum absolute atomic E-state index is 0.00926. The Morgan fingerprint density at radius 3 is 2.42 bits per heavy atom. The van der Waals surface area contributed by atoms with Crippen LogP contribution in [-0.2, 0) is 0 Å². The predicted molar refractivity (Wildman–Crippen MR) is 52.4 cm³/mol. The molecule has 1 atom stereocenters. The van der Waals surface area contributed by atoms with Gasteiger partial charge in [-0.3, -0.25) is 0 Å². The van der Waals surface area contributed by atoms with Crippen LogP contribution in [0.4, 0.5) is 0 Å². The molecule has 1 heterocycles. The Kier molecular flexibility index (Phi) is 2.58. The smallest absolute Gasteiger partial charge is 0.0971 e. The highest BCUT2D eigenvalue weighted by Crippen LogP contribution is 2.22. The first kappa shape index (κ1) is 9.33. The molecule has 0 aromatic rings. The van der Waals surface area contributed by atoms with Gasteiger partial charge in [-0.15, -0.1) is 0 Å². The normalized spacial score (nSPS) is 24.2. The van der Waals surface area contributed by atoms with E-state index in [2.05, 4.69) is 32.2 Å². The molecule has 1 aliphatic heterocycles. The molecule has 3 N–H and O–H groups in total. The van der Waals surface area contributed by atoms with E-state index in [0.29, 0.717) is 5.92 Å². The zero-order valence-corrected chi connectivity index (χ0v) is 8.31. The fourth-order valence-corrected chi connectivity index (χ4v) is 1.83. The van der Waals surface area contributed by atoms with E-state index in [-0.39, 0.29) is 6.17 Å². The first-order valence-corrected chi connectivity index (χ1v) is 4.43. The maximum atomic E-state index is 5.95. The fourth-order valence-electron chi connectivity index (χ4n) is 1.83. The molecule has 1 unspecified atom stereocenters. The van der Waals surface area contributed by atoms with Crippen molar-refractivity contribution in [2.45, 2.75) is 33.9 Å². The van der Waals surface area contributed by atoms with Gasteiger partial charge in [0.1, 0.15) is 0 Å². The SMILES string of the molecule is CC1=CC(C)=C(C(C)C)C(N)N1. The monoisotopic (exact) mass is 166 g/mol. The van der Waals surface area contributed by atoms with Gasteiger partial charge in [0.2, 0.25) is 0 Å². The second kappa shape index (κ2) is 3.31. The van der Waals surface area contributed by atoms with Gasteiger partial charge in [0, 0.05) is 5.70 Å². The van der Waals surface area contributed by atoms with Crippen molar-refractivity contribution in [3.63, 3.8) is 0 Å². The summed E-state index contributed by atoms with van der Waals surface area (Å²) in [4.78, 5) is 0. The molecule has 2 nitrogen and oxygen atoms in total. The summed E-state index contributed by atoms with van der Waals surface area (Å²) >= 11 is 0. The summed E-state index contributed by atoms with van der Waals surface area (Å²) in [6, 6.07) is 0. The van der Waals surface area contributed by atoms with Crippen molar-refractivity contribution in [3.05, 3.63) is 22.9 Å². The van der Waals surface area contributed by atoms with Gasteiger partial charge in [0.15, 0.2) is 0 Å². The van der Waals surface area contributed by atoms with Crippen molar-refractivity contribution in [2.75, 3.05) is 0 Å². The zero-order chi connectivity index (χ0) is 9.30. The molecule has 0 amide bonds. The largest absolute Gasteiger partial charge is 0.370 e. The lowest BCUT2D eigenvalue weighted by molar-refractivity contribution is 0.569. The summed E-state index contributed by atoms with van der Waals surface area (Å²) in [6.45, 7) is 8.52. The number of allylic oxidation sites excluding steroid dienone is 3. The van der Waals surface area contributed by atoms with Crippen LogP contribution in [0.15, 0.2) is 22.9 Å². The second-order valence-electron chi connectivity index (χ2n) is 3.74. The molecular formula is C10H18N2. The molecule has 0 aromatic carbocycles. The molecule has 2 heteroatoms. The van der Waals surface area contributed by atoms with E-state index in [4.69, 9.17) is 5.73 Å². The van der Waals surface area contributed by atoms with Gasteiger partial charge in [-0.25, -0.2) is 0 Å². The minimum atomic E-state index is 0.00926. The molecular weight excluding hydrogens is 148 g/mol. The lowest BCUT2D eigenvalue weighted by Gasteiger charge is -2.27. The van der Waals surface area contributed by atoms with E-state index in [0.717, 1.165) is 5.70 Å². The highest BCUT2D eigenvalue weighted by molar-refractivity contribution is 5.34. The fraction of sp³-hybridized carbons (Fsp3) is 0.600. The van der Waals surface area contributed by atoms with Crippen LogP contribution in [0.3, 0.4) is 0 Å². The van der Waals surface area contributed by atoms with Crippen molar-refractivity contribution >= 4 is 0 Å². The van der Waals surface area contributed by atoms with Crippen LogP contribution in [0.25, 0.3) is 0 Å². The van der Waals surface area contributed by atoms with E-state index in [1.54, 1.807) is 0 Å². The average molecular weight is 166 g/mol. The van der Waals surface area contributed by atoms with Crippen LogP contribution in [0.2, 0.25) is 0 Å². The third kappa shape index (κ3) is 1.69. The maximum absolute atomic E-state index is 5.95. The van der Waals surface area contributed by atoms with Crippen LogP contribution >= 0.6 is 0 Å². The number of hydrogen-bond donors (Lipinski definition) is 2. The van der Waals surface area contributed by atoms with Gasteiger partial charge in [-0.05, 0) is 37.0 Å². The molecule has 0 spiro atoms. The molecule has 0 saturated carbocycles. The second-order valence-corrected chi connectivity index (χ2v) is 3.74. The molecule has 1 rings (SSSR count). The molecule has 1 aliphatic rings. The number of nitrogens with one attached hydrogen (secondary N) is 1. The zero-order valence-electron chi connectivity index (χ0n) is 8.31. The Bertz CT molecular complexity index is 236. The van der Waals surface area contributed by atoms with Crippen LogP contribution in [-0.4, -0.2) is 6.17 Å². The molecule has 0 radical (unpaired) electrons. The third-order valence-electron chi connectivity index (χ3n) is 2.23. The van der Waals surface area contributed by atoms with Gasteiger partial charge in [-0.2, -0.15) is 0 Å². The van der Waals surface area contributed by atoms with Gasteiger partial charge < -0.3 is 11.1 Å². The molecule has 0 saturated heterocycles. The van der Waals surface area contributed by atoms with Gasteiger partial charge in [-0.1, -0.05) is 13.8 Å². The van der Waals surface area contributed by atoms with Crippen LogP contribution < -0.4 is 11.1 Å². The Morgan fingerprint density at radius 2 is 2.00 bits per heavy atom. The standard InChI is InChI=1S/C10H18N2/c1-6(2)9-7(3)5-8(4)12-10(9)11/h5-6,10,12H,11H2,1-4H3. The van der Waals surface area contributed by atoms with Crippen molar-refractivity contribution in [3.8, 4) is 0 Å². The van der Waals surface area contributed by atoms with Gasteiger partial charge >= 0.3 is 0 Å². The van der Waals surface area contributed by atoms with Crippen LogP contribution in [0.1, 0.15) is 27.7 Å². The summed E-state index contributed by atoms with van der Waals surface area (Å²) < 4.78 is 0. The average Bonchev–Trinajstić information content (AvgIpc) is 1.82. The minimum Gasteiger partial charge on any atom is -0.370 e. The highest BCUT2D eigenvalue weighted by atomic mass is 15.0. The summed E-state index contributed by atoms with van der Waals surface area (Å²) in [6.07, 6.45) is 2.16.